The van der Waals surface area contributed by atoms with Crippen LogP contribution in [0, 0.1) is 6.92 Å². The molecule has 39 heavy (non-hydrogen) atoms. The lowest BCUT2D eigenvalue weighted by Crippen LogP contribution is -2.20. The summed E-state index contributed by atoms with van der Waals surface area (Å²) in [4.78, 5) is 36.1. The van der Waals surface area contributed by atoms with Crippen LogP contribution in [0.25, 0.3) is 0 Å². The van der Waals surface area contributed by atoms with E-state index in [0.717, 1.165) is 12.1 Å². The van der Waals surface area contributed by atoms with Crippen LogP contribution in [0.3, 0.4) is 0 Å². The molecule has 202 valence electrons. The number of rotatable bonds is 7. The SMILES string of the molecule is CC(=O)Oc1cc(Nc2cc(C)nc(Nc3ccc(NC(=O)Nc4ccc(Cl)c(C(F)(F)F)c4)nc3)n2)[nH]n1. The minimum Gasteiger partial charge on any atom is -0.406 e. The molecular weight excluding hydrogens is 543 g/mol. The molecule has 2 amide bonds. The van der Waals surface area contributed by atoms with Gasteiger partial charge in [0, 0.05) is 30.4 Å². The number of carbonyl (C=O) groups excluding carboxylic acids is 2. The van der Waals surface area contributed by atoms with Gasteiger partial charge in [-0.3, -0.25) is 15.2 Å². The first kappa shape index (κ1) is 27.1. The lowest BCUT2D eigenvalue weighted by atomic mass is 10.2. The summed E-state index contributed by atoms with van der Waals surface area (Å²) < 4.78 is 44.0. The molecule has 0 bridgehead atoms. The van der Waals surface area contributed by atoms with Gasteiger partial charge in [-0.1, -0.05) is 11.6 Å². The second-order valence-corrected chi connectivity index (χ2v) is 8.29. The number of aromatic nitrogens is 5. The highest BCUT2D eigenvalue weighted by Crippen LogP contribution is 2.36. The van der Waals surface area contributed by atoms with Crippen molar-refractivity contribution in [3.63, 3.8) is 0 Å². The van der Waals surface area contributed by atoms with Crippen molar-refractivity contribution in [1.82, 2.24) is 25.1 Å². The van der Waals surface area contributed by atoms with Crippen molar-refractivity contribution in [3.8, 4) is 5.88 Å². The number of pyridine rings is 1. The number of ether oxygens (including phenoxy) is 1. The van der Waals surface area contributed by atoms with E-state index in [0.29, 0.717) is 23.0 Å². The number of alkyl halides is 3. The molecule has 0 atom stereocenters. The van der Waals surface area contributed by atoms with E-state index < -0.39 is 28.8 Å². The highest BCUT2D eigenvalue weighted by atomic mass is 35.5. The number of hydrogen-bond acceptors (Lipinski definition) is 9. The molecular formula is C23H19ClF3N9O3. The largest absolute Gasteiger partial charge is 0.417 e. The van der Waals surface area contributed by atoms with E-state index in [2.05, 4.69) is 46.4 Å². The smallest absolute Gasteiger partial charge is 0.406 e. The van der Waals surface area contributed by atoms with E-state index in [4.69, 9.17) is 16.3 Å². The maximum Gasteiger partial charge on any atom is 0.417 e. The lowest BCUT2D eigenvalue weighted by molar-refractivity contribution is -0.137. The maximum absolute atomic E-state index is 13.0. The first-order chi connectivity index (χ1) is 18.4. The molecule has 5 N–H and O–H groups in total. The van der Waals surface area contributed by atoms with Crippen LogP contribution in [-0.2, 0) is 11.0 Å². The number of carbonyl (C=O) groups is 2. The summed E-state index contributed by atoms with van der Waals surface area (Å²) in [7, 11) is 0. The topological polar surface area (TPSA) is 159 Å². The van der Waals surface area contributed by atoms with Crippen molar-refractivity contribution in [2.45, 2.75) is 20.0 Å². The van der Waals surface area contributed by atoms with Gasteiger partial charge in [0.05, 0.1) is 22.5 Å². The third-order valence-electron chi connectivity index (χ3n) is 4.71. The fourth-order valence-electron chi connectivity index (χ4n) is 3.16. The van der Waals surface area contributed by atoms with Crippen LogP contribution in [0.4, 0.5) is 52.7 Å². The molecule has 1 aromatic carbocycles. The van der Waals surface area contributed by atoms with E-state index in [9.17, 15) is 22.8 Å². The van der Waals surface area contributed by atoms with Crippen LogP contribution in [0.15, 0.2) is 48.7 Å². The predicted molar refractivity (Wildman–Crippen MR) is 137 cm³/mol. The fourth-order valence-corrected chi connectivity index (χ4v) is 3.39. The molecule has 4 aromatic rings. The standard InChI is InChI=1S/C23H19ClF3N9O3/c1-11-7-18(32-19-9-20(36-35-19)39-12(2)37)33-21(29-11)30-14-4-6-17(28-10-14)34-22(38)31-13-3-5-16(24)15(8-13)23(25,26)27/h3-10H,1-2H3,(H2,28,31,34,38)(H3,29,30,32,33,35,36). The molecule has 3 aromatic heterocycles. The Labute approximate surface area is 223 Å². The molecule has 0 radical (unpaired) electrons. The molecule has 0 spiro atoms. The molecule has 0 fully saturated rings. The van der Waals surface area contributed by atoms with Gasteiger partial charge in [0.25, 0.3) is 0 Å². The molecule has 0 aliphatic heterocycles. The number of anilines is 6. The summed E-state index contributed by atoms with van der Waals surface area (Å²) in [5.41, 5.74) is -0.0398. The summed E-state index contributed by atoms with van der Waals surface area (Å²) in [6, 6.07) is 8.45. The number of amides is 2. The zero-order valence-electron chi connectivity index (χ0n) is 20.1. The van der Waals surface area contributed by atoms with Crippen LogP contribution < -0.4 is 26.0 Å². The number of esters is 1. The van der Waals surface area contributed by atoms with Crippen molar-refractivity contribution in [3.05, 3.63) is 64.9 Å². The minimum atomic E-state index is -4.67. The summed E-state index contributed by atoms with van der Waals surface area (Å²) in [5.74, 6) is 0.815. The Bertz CT molecular complexity index is 1510. The number of urea groups is 1. The lowest BCUT2D eigenvalue weighted by Gasteiger charge is -2.12. The zero-order chi connectivity index (χ0) is 28.2. The van der Waals surface area contributed by atoms with Gasteiger partial charge in [0.2, 0.25) is 11.8 Å². The molecule has 0 saturated carbocycles. The van der Waals surface area contributed by atoms with E-state index in [1.54, 1.807) is 19.1 Å². The van der Waals surface area contributed by atoms with Crippen LogP contribution in [0.2, 0.25) is 5.02 Å². The molecule has 0 unspecified atom stereocenters. The van der Waals surface area contributed by atoms with Crippen molar-refractivity contribution >= 4 is 58.4 Å². The molecule has 3 heterocycles. The predicted octanol–water partition coefficient (Wildman–Crippen LogP) is 5.63. The Balaban J connectivity index is 1.37. The minimum absolute atomic E-state index is 0.0961. The number of nitrogens with zero attached hydrogens (tertiary/aromatic N) is 4. The Morgan fingerprint density at radius 1 is 0.974 bits per heavy atom. The number of nitrogens with one attached hydrogen (secondary N) is 5. The van der Waals surface area contributed by atoms with Gasteiger partial charge < -0.3 is 20.7 Å². The van der Waals surface area contributed by atoms with Gasteiger partial charge in [-0.15, -0.1) is 5.10 Å². The molecule has 0 saturated heterocycles. The molecule has 12 nitrogen and oxygen atoms in total. The third-order valence-corrected chi connectivity index (χ3v) is 5.04. The summed E-state index contributed by atoms with van der Waals surface area (Å²) in [6.45, 7) is 3.02. The van der Waals surface area contributed by atoms with E-state index in [-0.39, 0.29) is 23.3 Å². The van der Waals surface area contributed by atoms with Gasteiger partial charge in [-0.25, -0.2) is 14.8 Å². The van der Waals surface area contributed by atoms with Gasteiger partial charge in [0.15, 0.2) is 0 Å². The average Bonchev–Trinajstić information content (AvgIpc) is 3.26. The molecule has 0 aliphatic rings. The highest BCUT2D eigenvalue weighted by Gasteiger charge is 2.33. The Morgan fingerprint density at radius 2 is 1.74 bits per heavy atom. The number of hydrogen-bond donors (Lipinski definition) is 5. The second-order valence-electron chi connectivity index (χ2n) is 7.89. The third kappa shape index (κ3) is 7.54. The van der Waals surface area contributed by atoms with Crippen molar-refractivity contribution in [1.29, 1.82) is 0 Å². The zero-order valence-corrected chi connectivity index (χ0v) is 20.9. The highest BCUT2D eigenvalue weighted by molar-refractivity contribution is 6.31. The van der Waals surface area contributed by atoms with Crippen LogP contribution >= 0.6 is 11.6 Å². The molecule has 16 heteroatoms. The normalized spacial score (nSPS) is 11.0. The van der Waals surface area contributed by atoms with Gasteiger partial charge >= 0.3 is 18.2 Å². The van der Waals surface area contributed by atoms with Gasteiger partial charge in [-0.2, -0.15) is 18.2 Å². The number of halogens is 4. The number of H-pyrrole nitrogens is 1. The van der Waals surface area contributed by atoms with Crippen LogP contribution in [0.1, 0.15) is 18.2 Å². The Hall–Kier alpha value is -4.92. The number of benzene rings is 1. The van der Waals surface area contributed by atoms with Crippen molar-refractivity contribution in [2.75, 3.05) is 21.3 Å². The van der Waals surface area contributed by atoms with Crippen molar-refractivity contribution in [2.24, 2.45) is 0 Å². The van der Waals surface area contributed by atoms with Crippen LogP contribution in [-0.4, -0.2) is 37.1 Å². The van der Waals surface area contributed by atoms with E-state index in [1.165, 1.54) is 31.3 Å². The monoisotopic (exact) mass is 561 g/mol. The molecule has 0 aliphatic carbocycles. The number of aryl methyl sites for hydroxylation is 1. The summed E-state index contributed by atoms with van der Waals surface area (Å²) in [5, 5.41) is 16.7. The first-order valence-electron chi connectivity index (χ1n) is 11.0. The van der Waals surface area contributed by atoms with E-state index in [1.807, 2.05) is 0 Å². The Morgan fingerprint density at radius 3 is 2.44 bits per heavy atom. The fraction of sp³-hybridized carbons (Fsp3) is 0.130. The summed E-state index contributed by atoms with van der Waals surface area (Å²) in [6.07, 6.45) is -3.26. The maximum atomic E-state index is 13.0. The quantitative estimate of drug-likeness (QED) is 0.180. The summed E-state index contributed by atoms with van der Waals surface area (Å²) >= 11 is 5.59. The van der Waals surface area contributed by atoms with Crippen molar-refractivity contribution < 1.29 is 27.5 Å². The molecule has 4 rings (SSSR count). The Kier molecular flexibility index (Phi) is 7.80. The van der Waals surface area contributed by atoms with Crippen LogP contribution in [0.5, 0.6) is 5.88 Å². The average molecular weight is 562 g/mol. The number of aromatic amines is 1. The van der Waals surface area contributed by atoms with Gasteiger partial charge in [-0.05, 0) is 37.3 Å². The van der Waals surface area contributed by atoms with Gasteiger partial charge in [0.1, 0.15) is 17.5 Å². The second kappa shape index (κ2) is 11.2. The van der Waals surface area contributed by atoms with E-state index >= 15 is 0 Å². The first-order valence-corrected chi connectivity index (χ1v) is 11.4.